The second kappa shape index (κ2) is 2.84. The fourth-order valence-corrected chi connectivity index (χ4v) is 1.39. The molecule has 4 nitrogen and oxygen atoms in total. The van der Waals surface area contributed by atoms with Crippen molar-refractivity contribution >= 4 is 0 Å². The Morgan fingerprint density at radius 2 is 1.40 bits per heavy atom. The van der Waals surface area contributed by atoms with E-state index >= 15 is 0 Å². The lowest BCUT2D eigenvalue weighted by Crippen LogP contribution is -2.49. The molecule has 2 rings (SSSR count). The molecule has 0 spiro atoms. The summed E-state index contributed by atoms with van der Waals surface area (Å²) in [5.41, 5.74) is 5.75. The van der Waals surface area contributed by atoms with Crippen molar-refractivity contribution in [3.63, 3.8) is 0 Å². The third-order valence-electron chi connectivity index (χ3n) is 2.16. The SMILES string of the molecule is C1NOCC2CNOCC12. The summed E-state index contributed by atoms with van der Waals surface area (Å²) in [7, 11) is 0. The second-order valence-electron chi connectivity index (χ2n) is 2.84. The Hall–Kier alpha value is -0.160. The molecule has 0 aromatic rings. The molecule has 2 N–H and O–H groups in total. The van der Waals surface area contributed by atoms with Gasteiger partial charge in [-0.1, -0.05) is 0 Å². The normalized spacial score (nSPS) is 40.8. The van der Waals surface area contributed by atoms with Crippen LogP contribution in [0.25, 0.3) is 0 Å². The molecule has 2 atom stereocenters. The van der Waals surface area contributed by atoms with Crippen molar-refractivity contribution in [1.82, 2.24) is 11.0 Å². The number of hydroxylamine groups is 2. The van der Waals surface area contributed by atoms with Crippen molar-refractivity contribution in [1.29, 1.82) is 0 Å². The molecule has 0 aromatic carbocycles. The van der Waals surface area contributed by atoms with Crippen LogP contribution in [0.3, 0.4) is 0 Å². The van der Waals surface area contributed by atoms with Gasteiger partial charge in [-0.3, -0.25) is 0 Å². The Kier molecular flexibility index (Phi) is 1.86. The minimum absolute atomic E-state index is 0.634. The van der Waals surface area contributed by atoms with E-state index in [1.165, 1.54) is 0 Å². The lowest BCUT2D eigenvalue weighted by molar-refractivity contribution is -0.122. The van der Waals surface area contributed by atoms with Crippen LogP contribution in [0, 0.1) is 11.8 Å². The Labute approximate surface area is 59.8 Å². The Balaban J connectivity index is 1.93. The van der Waals surface area contributed by atoms with Crippen molar-refractivity contribution in [2.24, 2.45) is 11.8 Å². The van der Waals surface area contributed by atoms with Crippen LogP contribution in [0.15, 0.2) is 0 Å². The molecule has 4 heteroatoms. The zero-order chi connectivity index (χ0) is 6.81. The highest BCUT2D eigenvalue weighted by molar-refractivity contribution is 4.76. The maximum Gasteiger partial charge on any atom is 0.0727 e. The summed E-state index contributed by atoms with van der Waals surface area (Å²) in [6.07, 6.45) is 0. The topological polar surface area (TPSA) is 42.5 Å². The maximum absolute atomic E-state index is 5.09. The van der Waals surface area contributed by atoms with Gasteiger partial charge in [0.15, 0.2) is 0 Å². The van der Waals surface area contributed by atoms with Gasteiger partial charge < -0.3 is 9.68 Å². The molecular formula is C6H12N2O2. The quantitative estimate of drug-likeness (QED) is 0.471. The van der Waals surface area contributed by atoms with Crippen molar-refractivity contribution in [3.05, 3.63) is 0 Å². The van der Waals surface area contributed by atoms with Crippen LogP contribution in [0.2, 0.25) is 0 Å². The minimum Gasteiger partial charge on any atom is -0.301 e. The molecule has 0 aliphatic carbocycles. The summed E-state index contributed by atoms with van der Waals surface area (Å²) in [4.78, 5) is 10.2. The molecule has 10 heavy (non-hydrogen) atoms. The van der Waals surface area contributed by atoms with Gasteiger partial charge in [0.2, 0.25) is 0 Å². The predicted octanol–water partition coefficient (Wildman–Crippen LogP) is -0.712. The molecular weight excluding hydrogens is 132 g/mol. The summed E-state index contributed by atoms with van der Waals surface area (Å²) in [6.45, 7) is 3.46. The van der Waals surface area contributed by atoms with Crippen LogP contribution in [-0.2, 0) is 9.68 Å². The van der Waals surface area contributed by atoms with Gasteiger partial charge in [0.05, 0.1) is 13.2 Å². The minimum atomic E-state index is 0.634. The van der Waals surface area contributed by atoms with E-state index in [0.717, 1.165) is 26.3 Å². The number of nitrogens with one attached hydrogen (secondary N) is 2. The number of hydrogen-bond acceptors (Lipinski definition) is 4. The first-order valence-electron chi connectivity index (χ1n) is 3.66. The summed E-state index contributed by atoms with van der Waals surface area (Å²) in [5.74, 6) is 1.27. The molecule has 0 bridgehead atoms. The van der Waals surface area contributed by atoms with E-state index in [1.54, 1.807) is 0 Å². The third-order valence-corrected chi connectivity index (χ3v) is 2.16. The second-order valence-corrected chi connectivity index (χ2v) is 2.84. The van der Waals surface area contributed by atoms with Gasteiger partial charge in [0, 0.05) is 24.9 Å². The molecule has 2 aliphatic rings. The molecule has 0 saturated carbocycles. The third kappa shape index (κ3) is 1.15. The first kappa shape index (κ1) is 6.54. The average molecular weight is 144 g/mol. The van der Waals surface area contributed by atoms with Crippen LogP contribution < -0.4 is 11.0 Å². The van der Waals surface area contributed by atoms with Gasteiger partial charge in [-0.05, 0) is 0 Å². The lowest BCUT2D eigenvalue weighted by atomic mass is 9.92. The highest BCUT2D eigenvalue weighted by Crippen LogP contribution is 2.17. The Morgan fingerprint density at radius 1 is 0.900 bits per heavy atom. The fraction of sp³-hybridized carbons (Fsp3) is 1.00. The Bertz CT molecular complexity index is 94.3. The van der Waals surface area contributed by atoms with E-state index < -0.39 is 0 Å². The average Bonchev–Trinajstić information content (AvgIpc) is 2.05. The van der Waals surface area contributed by atoms with E-state index in [0.29, 0.717) is 11.8 Å². The van der Waals surface area contributed by atoms with E-state index in [-0.39, 0.29) is 0 Å². The number of hydrogen-bond donors (Lipinski definition) is 2. The van der Waals surface area contributed by atoms with Gasteiger partial charge in [0.1, 0.15) is 0 Å². The van der Waals surface area contributed by atoms with Crippen molar-refractivity contribution in [2.45, 2.75) is 0 Å². The Morgan fingerprint density at radius 3 is 1.90 bits per heavy atom. The molecule has 2 heterocycles. The first-order chi connectivity index (χ1) is 4.97. The van der Waals surface area contributed by atoms with E-state index in [9.17, 15) is 0 Å². The summed E-state index contributed by atoms with van der Waals surface area (Å²) >= 11 is 0. The summed E-state index contributed by atoms with van der Waals surface area (Å²) < 4.78 is 0. The van der Waals surface area contributed by atoms with Gasteiger partial charge in [-0.25, -0.2) is 11.0 Å². The summed E-state index contributed by atoms with van der Waals surface area (Å²) in [6, 6.07) is 0. The van der Waals surface area contributed by atoms with Crippen LogP contribution in [-0.4, -0.2) is 26.3 Å². The lowest BCUT2D eigenvalue weighted by Gasteiger charge is -2.34. The van der Waals surface area contributed by atoms with E-state index in [1.807, 2.05) is 0 Å². The van der Waals surface area contributed by atoms with E-state index in [2.05, 4.69) is 11.0 Å². The zero-order valence-corrected chi connectivity index (χ0v) is 5.80. The van der Waals surface area contributed by atoms with Gasteiger partial charge in [0.25, 0.3) is 0 Å². The van der Waals surface area contributed by atoms with Crippen molar-refractivity contribution in [2.75, 3.05) is 26.3 Å². The van der Waals surface area contributed by atoms with Crippen molar-refractivity contribution < 1.29 is 9.68 Å². The zero-order valence-electron chi connectivity index (χ0n) is 5.80. The molecule has 0 radical (unpaired) electrons. The van der Waals surface area contributed by atoms with Gasteiger partial charge >= 0.3 is 0 Å². The van der Waals surface area contributed by atoms with Crippen LogP contribution in [0.4, 0.5) is 0 Å². The van der Waals surface area contributed by atoms with Crippen LogP contribution in [0.5, 0.6) is 0 Å². The smallest absolute Gasteiger partial charge is 0.0727 e. The monoisotopic (exact) mass is 144 g/mol. The molecule has 2 fully saturated rings. The molecule has 2 aliphatic heterocycles. The standard InChI is InChI=1S/C6H12N2O2/c1-5-3-10-8-2-6(5)4-9-7-1/h5-8H,1-4H2. The molecule has 2 saturated heterocycles. The van der Waals surface area contributed by atoms with E-state index in [4.69, 9.17) is 9.68 Å². The molecule has 2 unspecified atom stereocenters. The predicted molar refractivity (Wildman–Crippen MR) is 34.9 cm³/mol. The molecule has 0 amide bonds. The van der Waals surface area contributed by atoms with Crippen molar-refractivity contribution in [3.8, 4) is 0 Å². The van der Waals surface area contributed by atoms with Crippen LogP contribution in [0.1, 0.15) is 0 Å². The van der Waals surface area contributed by atoms with Crippen LogP contribution >= 0.6 is 0 Å². The number of rotatable bonds is 0. The fourth-order valence-electron chi connectivity index (χ4n) is 1.39. The largest absolute Gasteiger partial charge is 0.301 e. The maximum atomic E-state index is 5.09. The highest BCUT2D eigenvalue weighted by Gasteiger charge is 2.28. The van der Waals surface area contributed by atoms with Gasteiger partial charge in [-0.2, -0.15) is 0 Å². The summed E-state index contributed by atoms with van der Waals surface area (Å²) in [5, 5.41) is 0. The van der Waals surface area contributed by atoms with Gasteiger partial charge in [-0.15, -0.1) is 0 Å². The molecule has 0 aromatic heterocycles. The first-order valence-corrected chi connectivity index (χ1v) is 3.66. The number of fused-ring (bicyclic) bond motifs is 1. The highest BCUT2D eigenvalue weighted by atomic mass is 16.7. The molecule has 58 valence electrons.